The van der Waals surface area contributed by atoms with Gasteiger partial charge in [0.1, 0.15) is 6.04 Å². The Hall–Kier alpha value is -3.39. The van der Waals surface area contributed by atoms with Crippen molar-refractivity contribution in [3.05, 3.63) is 96.6 Å². The molecule has 10 nitrogen and oxygen atoms in total. The number of hydrogen-bond donors (Lipinski definition) is 3. The Bertz CT molecular complexity index is 1600. The summed E-state index contributed by atoms with van der Waals surface area (Å²) in [6.07, 6.45) is 0.701. The maximum atomic E-state index is 13.8. The van der Waals surface area contributed by atoms with Crippen LogP contribution < -0.4 is 10.6 Å². The molecule has 242 valence electrons. The van der Waals surface area contributed by atoms with Crippen LogP contribution in [0.25, 0.3) is 0 Å². The maximum absolute atomic E-state index is 13.8. The second-order valence-electron chi connectivity index (χ2n) is 10.8. The predicted octanol–water partition coefficient (Wildman–Crippen LogP) is 3.15. The van der Waals surface area contributed by atoms with Gasteiger partial charge in [-0.05, 0) is 49.1 Å². The summed E-state index contributed by atoms with van der Waals surface area (Å²) in [6, 6.07) is 23.1. The van der Waals surface area contributed by atoms with E-state index < -0.39 is 48.9 Å². The monoisotopic (exact) mass is 673 g/mol. The molecule has 0 bridgehead atoms. The number of nitrogens with zero attached hydrogens (tertiary/aromatic N) is 1. The fraction of sp³-hybridized carbons (Fsp3) is 0.375. The number of thiol groups is 1. The summed E-state index contributed by atoms with van der Waals surface area (Å²) >= 11 is 4.66. The van der Waals surface area contributed by atoms with Crippen molar-refractivity contribution < 1.29 is 31.2 Å². The fourth-order valence-electron chi connectivity index (χ4n) is 4.97. The first kappa shape index (κ1) is 34.5. The smallest absolute Gasteiger partial charge is 0.318 e. The first-order chi connectivity index (χ1) is 21.5. The number of carbonyl (C=O) groups excluding carboxylic acids is 2. The molecule has 0 aromatic heterocycles. The molecule has 1 fully saturated rings. The molecule has 3 aromatic rings. The number of nitrogens with one attached hydrogen (secondary N) is 2. The van der Waals surface area contributed by atoms with Gasteiger partial charge in [0, 0.05) is 24.4 Å². The Labute approximate surface area is 270 Å². The SMILES string of the molecule is O=C(N[C@@H](CCc1ccccc1)[C@H](S)CS(=O)(=O)c1ccccc1)[C@H](CCS(=O)(=O)c1ccccc1)NC(=O)N1CCOCC1. The highest BCUT2D eigenvalue weighted by atomic mass is 32.2. The molecule has 0 radical (unpaired) electrons. The Morgan fingerprint density at radius 1 is 0.756 bits per heavy atom. The van der Waals surface area contributed by atoms with Crippen LogP contribution in [0, 0.1) is 0 Å². The lowest BCUT2D eigenvalue weighted by atomic mass is 10.0. The summed E-state index contributed by atoms with van der Waals surface area (Å²) in [5, 5.41) is 4.83. The predicted molar refractivity (Wildman–Crippen MR) is 176 cm³/mol. The summed E-state index contributed by atoms with van der Waals surface area (Å²) in [4.78, 5) is 28.7. The highest BCUT2D eigenvalue weighted by Gasteiger charge is 2.32. The van der Waals surface area contributed by atoms with Crippen LogP contribution in [0.5, 0.6) is 0 Å². The third-order valence-corrected chi connectivity index (χ3v) is 11.9. The van der Waals surface area contributed by atoms with Gasteiger partial charge in [-0.15, -0.1) is 0 Å². The van der Waals surface area contributed by atoms with Crippen molar-refractivity contribution in [3.63, 3.8) is 0 Å². The van der Waals surface area contributed by atoms with Crippen LogP contribution in [-0.4, -0.2) is 88.8 Å². The van der Waals surface area contributed by atoms with Gasteiger partial charge < -0.3 is 20.3 Å². The number of sulfone groups is 2. The number of urea groups is 1. The highest BCUT2D eigenvalue weighted by Crippen LogP contribution is 2.19. The summed E-state index contributed by atoms with van der Waals surface area (Å²) in [6.45, 7) is 1.37. The van der Waals surface area contributed by atoms with Crippen molar-refractivity contribution in [1.82, 2.24) is 15.5 Å². The Morgan fingerprint density at radius 3 is 1.87 bits per heavy atom. The fourth-order valence-corrected chi connectivity index (χ4v) is 8.58. The lowest BCUT2D eigenvalue weighted by Gasteiger charge is -2.30. The van der Waals surface area contributed by atoms with E-state index in [1.165, 1.54) is 29.2 Å². The van der Waals surface area contributed by atoms with E-state index in [0.29, 0.717) is 39.1 Å². The maximum Gasteiger partial charge on any atom is 0.318 e. The van der Waals surface area contributed by atoms with Gasteiger partial charge in [-0.25, -0.2) is 21.6 Å². The number of benzene rings is 3. The van der Waals surface area contributed by atoms with Crippen molar-refractivity contribution in [2.24, 2.45) is 0 Å². The molecule has 3 atom stereocenters. The van der Waals surface area contributed by atoms with E-state index in [-0.39, 0.29) is 27.7 Å². The average molecular weight is 674 g/mol. The lowest BCUT2D eigenvalue weighted by molar-refractivity contribution is -0.123. The molecule has 0 spiro atoms. The highest BCUT2D eigenvalue weighted by molar-refractivity contribution is 7.92. The van der Waals surface area contributed by atoms with Crippen LogP contribution in [0.3, 0.4) is 0 Å². The minimum absolute atomic E-state index is 0.117. The number of morpholine rings is 1. The van der Waals surface area contributed by atoms with Gasteiger partial charge >= 0.3 is 6.03 Å². The van der Waals surface area contributed by atoms with Crippen LogP contribution >= 0.6 is 12.6 Å². The zero-order valence-corrected chi connectivity index (χ0v) is 27.4. The quantitative estimate of drug-likeness (QED) is 0.224. The summed E-state index contributed by atoms with van der Waals surface area (Å²) in [7, 11) is -7.49. The number of aryl methyl sites for hydroxylation is 1. The molecule has 3 aromatic carbocycles. The topological polar surface area (TPSA) is 139 Å². The van der Waals surface area contributed by atoms with E-state index in [4.69, 9.17) is 4.74 Å². The molecule has 3 amide bonds. The minimum Gasteiger partial charge on any atom is -0.378 e. The number of rotatable bonds is 14. The number of ether oxygens (including phenoxy) is 1. The molecular weight excluding hydrogens is 635 g/mol. The van der Waals surface area contributed by atoms with Crippen LogP contribution in [0.4, 0.5) is 4.79 Å². The van der Waals surface area contributed by atoms with Gasteiger partial charge in [0.25, 0.3) is 0 Å². The van der Waals surface area contributed by atoms with E-state index in [2.05, 4.69) is 23.3 Å². The number of hydrogen-bond acceptors (Lipinski definition) is 8. The summed E-state index contributed by atoms with van der Waals surface area (Å²) < 4.78 is 57.9. The van der Waals surface area contributed by atoms with E-state index in [1.807, 2.05) is 30.3 Å². The molecule has 1 saturated heterocycles. The first-order valence-corrected chi connectivity index (χ1v) is 18.6. The van der Waals surface area contributed by atoms with E-state index in [9.17, 15) is 26.4 Å². The van der Waals surface area contributed by atoms with Gasteiger partial charge in [0.15, 0.2) is 19.7 Å². The van der Waals surface area contributed by atoms with E-state index in [0.717, 1.165) is 5.56 Å². The van der Waals surface area contributed by atoms with Gasteiger partial charge in [-0.2, -0.15) is 12.6 Å². The zero-order valence-electron chi connectivity index (χ0n) is 24.8. The standard InChI is InChI=1S/C32H39N3O7S3/c36-31(29(34-32(37)35-19-21-42-22-20-35)18-23-44(38,39)26-12-6-2-7-13-26)33-28(17-16-25-10-4-1-5-11-25)30(43)24-45(40,41)27-14-8-3-9-15-27/h1-15,28-30,43H,16-24H2,(H,33,36)(H,34,37)/t28-,29-,30+/m0/s1. The Kier molecular flexibility index (Phi) is 12.5. The molecule has 2 N–H and O–H groups in total. The van der Waals surface area contributed by atoms with Crippen molar-refractivity contribution in [2.75, 3.05) is 37.8 Å². The van der Waals surface area contributed by atoms with Gasteiger partial charge in [0.2, 0.25) is 5.91 Å². The normalized spacial score (nSPS) is 15.9. The van der Waals surface area contributed by atoms with Crippen molar-refractivity contribution in [3.8, 4) is 0 Å². The molecule has 0 unspecified atom stereocenters. The molecule has 13 heteroatoms. The van der Waals surface area contributed by atoms with Gasteiger partial charge in [0.05, 0.1) is 34.5 Å². The van der Waals surface area contributed by atoms with Gasteiger partial charge in [-0.1, -0.05) is 66.7 Å². The Balaban J connectivity index is 1.54. The number of carbonyl (C=O) groups is 2. The van der Waals surface area contributed by atoms with Crippen molar-refractivity contribution in [2.45, 2.75) is 46.4 Å². The molecule has 1 aliphatic rings. The largest absolute Gasteiger partial charge is 0.378 e. The molecule has 1 aliphatic heterocycles. The summed E-state index contributed by atoms with van der Waals surface area (Å²) in [5.41, 5.74) is 0.995. The summed E-state index contributed by atoms with van der Waals surface area (Å²) in [5.74, 6) is -1.35. The second kappa shape index (κ2) is 16.3. The van der Waals surface area contributed by atoms with E-state index in [1.54, 1.807) is 36.4 Å². The second-order valence-corrected chi connectivity index (χ2v) is 15.6. The van der Waals surface area contributed by atoms with Crippen molar-refractivity contribution in [1.29, 1.82) is 0 Å². The van der Waals surface area contributed by atoms with E-state index >= 15 is 0 Å². The third kappa shape index (κ3) is 10.3. The zero-order chi connectivity index (χ0) is 32.3. The Morgan fingerprint density at radius 2 is 1.29 bits per heavy atom. The van der Waals surface area contributed by atoms with Crippen LogP contribution in [0.15, 0.2) is 101 Å². The van der Waals surface area contributed by atoms with Gasteiger partial charge in [-0.3, -0.25) is 4.79 Å². The average Bonchev–Trinajstić information content (AvgIpc) is 3.06. The molecule has 1 heterocycles. The molecule has 0 saturated carbocycles. The molecule has 0 aliphatic carbocycles. The molecular formula is C32H39N3O7S3. The van der Waals surface area contributed by atoms with Crippen LogP contribution in [0.1, 0.15) is 18.4 Å². The van der Waals surface area contributed by atoms with Crippen molar-refractivity contribution >= 4 is 44.2 Å². The molecule has 4 rings (SSSR count). The van der Waals surface area contributed by atoms with Crippen LogP contribution in [-0.2, 0) is 35.6 Å². The third-order valence-electron chi connectivity index (χ3n) is 7.56. The minimum atomic E-state index is -3.75. The van der Waals surface area contributed by atoms with Crippen LogP contribution in [0.2, 0.25) is 0 Å². The number of amides is 3. The first-order valence-electron chi connectivity index (χ1n) is 14.8. The molecule has 45 heavy (non-hydrogen) atoms. The lowest BCUT2D eigenvalue weighted by Crippen LogP contribution is -2.56.